The van der Waals surface area contributed by atoms with E-state index in [4.69, 9.17) is 9.47 Å². The minimum absolute atomic E-state index is 0. The van der Waals surface area contributed by atoms with Crippen molar-refractivity contribution in [2.45, 2.75) is 40.7 Å². The summed E-state index contributed by atoms with van der Waals surface area (Å²) in [5.74, 6) is -0.864. The summed E-state index contributed by atoms with van der Waals surface area (Å²) < 4.78 is 9.96. The van der Waals surface area contributed by atoms with Gasteiger partial charge in [-0.25, -0.2) is 0 Å². The molecule has 0 aromatic carbocycles. The first-order chi connectivity index (χ1) is 6.84. The van der Waals surface area contributed by atoms with Crippen LogP contribution in [0, 0.1) is 11.8 Å². The molecular formula is C11H21NaO4. The molecule has 0 aliphatic heterocycles. The topological polar surface area (TPSA) is 52.6 Å². The van der Waals surface area contributed by atoms with Crippen molar-refractivity contribution in [1.29, 1.82) is 0 Å². The van der Waals surface area contributed by atoms with E-state index in [9.17, 15) is 9.59 Å². The third-order valence-corrected chi connectivity index (χ3v) is 1.72. The first kappa shape index (κ1) is 18.3. The van der Waals surface area contributed by atoms with Crippen LogP contribution in [0.1, 0.15) is 36.0 Å². The molecule has 0 saturated heterocycles. The molecule has 0 spiro atoms. The quantitative estimate of drug-likeness (QED) is 0.452. The summed E-state index contributed by atoms with van der Waals surface area (Å²) in [4.78, 5) is 22.3. The van der Waals surface area contributed by atoms with Crippen molar-refractivity contribution in [2.75, 3.05) is 6.61 Å². The van der Waals surface area contributed by atoms with Gasteiger partial charge in [0, 0.05) is 0 Å². The molecule has 0 bridgehead atoms. The molecule has 0 radical (unpaired) electrons. The number of rotatable bonds is 5. The fourth-order valence-corrected chi connectivity index (χ4v) is 0.735. The summed E-state index contributed by atoms with van der Waals surface area (Å²) in [6.07, 6.45) is -0.386. The minimum atomic E-state index is -0.386. The Labute approximate surface area is 121 Å². The Kier molecular flexibility index (Phi) is 10.3. The van der Waals surface area contributed by atoms with Gasteiger partial charge in [0.25, 0.3) is 0 Å². The maximum atomic E-state index is 11.2. The van der Waals surface area contributed by atoms with Crippen molar-refractivity contribution < 1.29 is 50.0 Å². The molecule has 1 unspecified atom stereocenters. The largest absolute Gasteiger partial charge is 1.00 e. The van der Waals surface area contributed by atoms with Crippen LogP contribution in [0.25, 0.3) is 0 Å². The van der Waals surface area contributed by atoms with Gasteiger partial charge in [-0.3, -0.25) is 9.59 Å². The fourth-order valence-electron chi connectivity index (χ4n) is 0.735. The number of ether oxygens (including phenoxy) is 2. The van der Waals surface area contributed by atoms with Gasteiger partial charge in [0.05, 0.1) is 11.8 Å². The Morgan fingerprint density at radius 1 is 1.00 bits per heavy atom. The SMILES string of the molecule is CC(COC(=O)C(C)C)OC(=O)C(C)C.[H-].[Na+]. The van der Waals surface area contributed by atoms with Gasteiger partial charge < -0.3 is 10.9 Å². The zero-order valence-electron chi connectivity index (χ0n) is 12.1. The molecule has 0 rings (SSSR count). The Balaban J connectivity index is -0.000000980. The maximum Gasteiger partial charge on any atom is 1.00 e. The van der Waals surface area contributed by atoms with E-state index in [-0.39, 0.29) is 67.5 Å². The second kappa shape index (κ2) is 9.02. The van der Waals surface area contributed by atoms with Crippen LogP contribution in [-0.2, 0) is 19.1 Å². The molecule has 0 heterocycles. The number of esters is 2. The Morgan fingerprint density at radius 3 is 1.81 bits per heavy atom. The van der Waals surface area contributed by atoms with E-state index in [1.54, 1.807) is 34.6 Å². The number of carbonyl (C=O) groups is 2. The van der Waals surface area contributed by atoms with Crippen molar-refractivity contribution in [3.05, 3.63) is 0 Å². The predicted molar refractivity (Wildman–Crippen MR) is 57.3 cm³/mol. The molecule has 0 amide bonds. The molecule has 1 atom stereocenters. The van der Waals surface area contributed by atoms with Crippen LogP contribution < -0.4 is 29.6 Å². The first-order valence-electron chi connectivity index (χ1n) is 5.21. The summed E-state index contributed by atoms with van der Waals surface area (Å²) in [5, 5.41) is 0. The summed E-state index contributed by atoms with van der Waals surface area (Å²) in [7, 11) is 0. The van der Waals surface area contributed by atoms with E-state index in [1.165, 1.54) is 0 Å². The molecule has 0 fully saturated rings. The average Bonchev–Trinajstić information content (AvgIpc) is 2.13. The number of hydrogen-bond donors (Lipinski definition) is 0. The molecule has 0 saturated carbocycles. The van der Waals surface area contributed by atoms with E-state index < -0.39 is 0 Å². The van der Waals surface area contributed by atoms with Gasteiger partial charge >= 0.3 is 41.5 Å². The third kappa shape index (κ3) is 8.13. The van der Waals surface area contributed by atoms with Crippen molar-refractivity contribution in [3.8, 4) is 0 Å². The normalized spacial score (nSPS) is 11.9. The standard InChI is InChI=1S/C11H20O4.Na.H/c1-7(2)10(12)14-6-9(5)15-11(13)8(3)4;;/h7-9H,6H2,1-5H3;;/q;+1;-1. The van der Waals surface area contributed by atoms with Gasteiger partial charge in [0.15, 0.2) is 0 Å². The molecule has 0 aromatic rings. The molecule has 16 heavy (non-hydrogen) atoms. The first-order valence-corrected chi connectivity index (χ1v) is 5.21. The van der Waals surface area contributed by atoms with Crippen LogP contribution in [0.4, 0.5) is 0 Å². The van der Waals surface area contributed by atoms with Gasteiger partial charge in [-0.15, -0.1) is 0 Å². The molecule has 0 aromatic heterocycles. The monoisotopic (exact) mass is 240 g/mol. The molecule has 5 heteroatoms. The van der Waals surface area contributed by atoms with E-state index >= 15 is 0 Å². The summed E-state index contributed by atoms with van der Waals surface area (Å²) in [6, 6.07) is 0. The number of hydrogen-bond acceptors (Lipinski definition) is 4. The van der Waals surface area contributed by atoms with E-state index in [0.717, 1.165) is 0 Å². The van der Waals surface area contributed by atoms with Crippen LogP contribution in [0.15, 0.2) is 0 Å². The predicted octanol–water partition coefficient (Wildman–Crippen LogP) is -1.11. The van der Waals surface area contributed by atoms with E-state index in [0.29, 0.717) is 0 Å². The van der Waals surface area contributed by atoms with Gasteiger partial charge in [-0.05, 0) is 6.92 Å². The van der Waals surface area contributed by atoms with Crippen molar-refractivity contribution in [1.82, 2.24) is 0 Å². The zero-order chi connectivity index (χ0) is 12.0. The zero-order valence-corrected chi connectivity index (χ0v) is 13.1. The smallest absolute Gasteiger partial charge is 1.00 e. The molecule has 0 N–H and O–H groups in total. The van der Waals surface area contributed by atoms with Crippen LogP contribution in [-0.4, -0.2) is 24.6 Å². The molecule has 4 nitrogen and oxygen atoms in total. The van der Waals surface area contributed by atoms with Crippen molar-refractivity contribution in [2.24, 2.45) is 11.8 Å². The maximum absolute atomic E-state index is 11.2. The minimum Gasteiger partial charge on any atom is -1.00 e. The Morgan fingerprint density at radius 2 is 1.44 bits per heavy atom. The van der Waals surface area contributed by atoms with Crippen molar-refractivity contribution >= 4 is 11.9 Å². The summed E-state index contributed by atoms with van der Waals surface area (Å²) >= 11 is 0. The molecular weight excluding hydrogens is 219 g/mol. The van der Waals surface area contributed by atoms with Crippen LogP contribution in [0.3, 0.4) is 0 Å². The third-order valence-electron chi connectivity index (χ3n) is 1.72. The molecule has 0 aliphatic rings. The van der Waals surface area contributed by atoms with Gasteiger partial charge in [-0.1, -0.05) is 27.7 Å². The van der Waals surface area contributed by atoms with Gasteiger partial charge in [0.1, 0.15) is 12.7 Å². The summed E-state index contributed by atoms with van der Waals surface area (Å²) in [5.41, 5.74) is 0. The van der Waals surface area contributed by atoms with Gasteiger partial charge in [-0.2, -0.15) is 0 Å². The molecule has 90 valence electrons. The average molecular weight is 240 g/mol. The fraction of sp³-hybridized carbons (Fsp3) is 0.818. The second-order valence-corrected chi connectivity index (χ2v) is 4.19. The summed E-state index contributed by atoms with van der Waals surface area (Å²) in [6.45, 7) is 8.86. The molecule has 0 aliphatic carbocycles. The van der Waals surface area contributed by atoms with Gasteiger partial charge in [0.2, 0.25) is 0 Å². The number of carbonyl (C=O) groups excluding carboxylic acids is 2. The van der Waals surface area contributed by atoms with E-state index in [1.807, 2.05) is 0 Å². The van der Waals surface area contributed by atoms with E-state index in [2.05, 4.69) is 0 Å². The Hall–Kier alpha value is -0.0600. The van der Waals surface area contributed by atoms with Crippen molar-refractivity contribution in [3.63, 3.8) is 0 Å². The van der Waals surface area contributed by atoms with Crippen LogP contribution in [0.2, 0.25) is 0 Å². The Bertz CT molecular complexity index is 232. The van der Waals surface area contributed by atoms with Crippen LogP contribution in [0.5, 0.6) is 0 Å². The second-order valence-electron chi connectivity index (χ2n) is 4.19. The van der Waals surface area contributed by atoms with Crippen LogP contribution >= 0.6 is 0 Å².